The Morgan fingerprint density at radius 2 is 2.44 bits per heavy atom. The molecule has 0 aromatic heterocycles. The van der Waals surface area contributed by atoms with Crippen LogP contribution in [-0.2, 0) is 4.79 Å². The number of rotatable bonds is 1. The third kappa shape index (κ3) is 0.721. The van der Waals surface area contributed by atoms with Crippen LogP contribution in [0.1, 0.15) is 6.92 Å². The van der Waals surface area contributed by atoms with Crippen LogP contribution in [0.2, 0.25) is 0 Å². The Morgan fingerprint density at radius 3 is 2.56 bits per heavy atom. The summed E-state index contributed by atoms with van der Waals surface area (Å²) in [6.45, 7) is 3.17. The van der Waals surface area contributed by atoms with Crippen LogP contribution < -0.4 is 5.73 Å². The Labute approximate surface area is 54.8 Å². The maximum absolute atomic E-state index is 11.0. The molecule has 1 aliphatic heterocycles. The first kappa shape index (κ1) is 6.55. The molecule has 0 bridgehead atoms. The van der Waals surface area contributed by atoms with Crippen LogP contribution in [0.3, 0.4) is 0 Å². The molecule has 1 aliphatic rings. The van der Waals surface area contributed by atoms with Gasteiger partial charge in [-0.1, -0.05) is 0 Å². The van der Waals surface area contributed by atoms with Crippen molar-refractivity contribution in [2.45, 2.75) is 6.92 Å². The normalized spacial score (nSPS) is 34.6. The predicted molar refractivity (Wildman–Crippen MR) is 34.8 cm³/mol. The number of amides is 1. The Kier molecular flexibility index (Phi) is 1.24. The second kappa shape index (κ2) is 1.70. The maximum Gasteiger partial charge on any atom is 0.231 e. The number of hydrogen-bond donors (Lipinski definition) is 1. The van der Waals surface area contributed by atoms with Gasteiger partial charge < -0.3 is 10.6 Å². The Morgan fingerprint density at radius 1 is 1.89 bits per heavy atom. The Bertz CT molecular complexity index is 146. The zero-order chi connectivity index (χ0) is 7.07. The summed E-state index contributed by atoms with van der Waals surface area (Å²) in [5.74, 6) is 0.171. The van der Waals surface area contributed by atoms with E-state index in [0.29, 0.717) is 6.54 Å². The van der Waals surface area contributed by atoms with Gasteiger partial charge in [0.2, 0.25) is 5.91 Å². The van der Waals surface area contributed by atoms with Gasteiger partial charge in [0, 0.05) is 20.1 Å². The fraction of sp³-hybridized carbons (Fsp3) is 0.833. The fourth-order valence-electron chi connectivity index (χ4n) is 1.18. The summed E-state index contributed by atoms with van der Waals surface area (Å²) < 4.78 is 0. The van der Waals surface area contributed by atoms with Crippen molar-refractivity contribution < 1.29 is 4.79 Å². The van der Waals surface area contributed by atoms with Gasteiger partial charge in [-0.3, -0.25) is 4.79 Å². The highest BCUT2D eigenvalue weighted by molar-refractivity contribution is 5.88. The number of nitrogens with zero attached hydrogens (tertiary/aromatic N) is 1. The van der Waals surface area contributed by atoms with Gasteiger partial charge in [-0.2, -0.15) is 0 Å². The van der Waals surface area contributed by atoms with E-state index in [-0.39, 0.29) is 11.3 Å². The minimum atomic E-state index is -0.241. The number of carbonyl (C=O) groups excluding carboxylic acids is 1. The van der Waals surface area contributed by atoms with E-state index in [0.717, 1.165) is 6.54 Å². The van der Waals surface area contributed by atoms with Crippen LogP contribution >= 0.6 is 0 Å². The molecular weight excluding hydrogens is 116 g/mol. The van der Waals surface area contributed by atoms with Crippen LogP contribution in [-0.4, -0.2) is 30.9 Å². The number of likely N-dealkylation sites (tertiary alicyclic amines) is 1. The summed E-state index contributed by atoms with van der Waals surface area (Å²) in [4.78, 5) is 12.6. The maximum atomic E-state index is 11.0. The quantitative estimate of drug-likeness (QED) is 0.480. The van der Waals surface area contributed by atoms with Crippen LogP contribution in [0.5, 0.6) is 0 Å². The van der Waals surface area contributed by atoms with Crippen molar-refractivity contribution in [2.75, 3.05) is 20.1 Å². The molecule has 3 nitrogen and oxygen atoms in total. The van der Waals surface area contributed by atoms with E-state index >= 15 is 0 Å². The summed E-state index contributed by atoms with van der Waals surface area (Å²) in [6.07, 6.45) is 0. The smallest absolute Gasteiger partial charge is 0.231 e. The van der Waals surface area contributed by atoms with Crippen LogP contribution in [0.15, 0.2) is 0 Å². The van der Waals surface area contributed by atoms with Gasteiger partial charge in [0.15, 0.2) is 0 Å². The molecule has 0 radical (unpaired) electrons. The fourth-order valence-corrected chi connectivity index (χ4v) is 1.18. The van der Waals surface area contributed by atoms with E-state index in [4.69, 9.17) is 5.73 Å². The molecule has 0 aromatic carbocycles. The highest BCUT2D eigenvalue weighted by Gasteiger charge is 2.44. The molecule has 1 heterocycles. The molecule has 1 unspecified atom stereocenters. The molecule has 1 amide bonds. The van der Waals surface area contributed by atoms with Crippen molar-refractivity contribution in [3.05, 3.63) is 0 Å². The van der Waals surface area contributed by atoms with E-state index < -0.39 is 0 Å². The molecule has 52 valence electrons. The summed E-state index contributed by atoms with van der Waals surface area (Å²) in [7, 11) is 1.79. The minimum absolute atomic E-state index is 0.171. The molecule has 1 atom stereocenters. The third-order valence-corrected chi connectivity index (χ3v) is 1.90. The number of nitrogens with two attached hydrogens (primary N) is 1. The standard InChI is InChI=1S/C6H12N2O/c1-6(3-7)4-8(2)5(6)9/h3-4,7H2,1-2H3. The van der Waals surface area contributed by atoms with Crippen LogP contribution in [0, 0.1) is 5.41 Å². The van der Waals surface area contributed by atoms with Crippen molar-refractivity contribution in [2.24, 2.45) is 11.1 Å². The summed E-state index contributed by atoms with van der Waals surface area (Å²) in [5.41, 5.74) is 5.13. The first-order valence-electron chi connectivity index (χ1n) is 3.06. The van der Waals surface area contributed by atoms with Gasteiger partial charge in [-0.15, -0.1) is 0 Å². The highest BCUT2D eigenvalue weighted by Crippen LogP contribution is 2.27. The summed E-state index contributed by atoms with van der Waals surface area (Å²) in [5, 5.41) is 0. The van der Waals surface area contributed by atoms with E-state index in [1.165, 1.54) is 0 Å². The molecule has 1 fully saturated rings. The average molecular weight is 128 g/mol. The topological polar surface area (TPSA) is 46.3 Å². The molecule has 0 saturated carbocycles. The van der Waals surface area contributed by atoms with Crippen molar-refractivity contribution >= 4 is 5.91 Å². The molecule has 2 N–H and O–H groups in total. The lowest BCUT2D eigenvalue weighted by atomic mass is 9.81. The van der Waals surface area contributed by atoms with E-state index in [1.807, 2.05) is 6.92 Å². The highest BCUT2D eigenvalue weighted by atomic mass is 16.2. The largest absolute Gasteiger partial charge is 0.344 e. The van der Waals surface area contributed by atoms with Crippen molar-refractivity contribution in [3.8, 4) is 0 Å². The van der Waals surface area contributed by atoms with Gasteiger partial charge in [0.1, 0.15) is 0 Å². The molecule has 3 heteroatoms. The van der Waals surface area contributed by atoms with Crippen molar-refractivity contribution in [1.29, 1.82) is 0 Å². The molecule has 0 spiro atoms. The minimum Gasteiger partial charge on any atom is -0.344 e. The van der Waals surface area contributed by atoms with E-state index in [2.05, 4.69) is 0 Å². The zero-order valence-electron chi connectivity index (χ0n) is 5.85. The second-order valence-corrected chi connectivity index (χ2v) is 2.93. The summed E-state index contributed by atoms with van der Waals surface area (Å²) in [6, 6.07) is 0. The van der Waals surface area contributed by atoms with E-state index in [1.54, 1.807) is 11.9 Å². The number of β-lactam (4-membered cyclic amide) rings is 1. The molecule has 0 aromatic rings. The molecule has 0 aliphatic carbocycles. The SMILES string of the molecule is CN1CC(C)(CN)C1=O. The monoisotopic (exact) mass is 128 g/mol. The van der Waals surface area contributed by atoms with Gasteiger partial charge in [-0.25, -0.2) is 0 Å². The van der Waals surface area contributed by atoms with E-state index in [9.17, 15) is 4.79 Å². The van der Waals surface area contributed by atoms with Gasteiger partial charge in [0.25, 0.3) is 0 Å². The second-order valence-electron chi connectivity index (χ2n) is 2.93. The van der Waals surface area contributed by atoms with Gasteiger partial charge >= 0.3 is 0 Å². The molecular formula is C6H12N2O. The Balaban J connectivity index is 2.59. The lowest BCUT2D eigenvalue weighted by Crippen LogP contribution is -2.61. The summed E-state index contributed by atoms with van der Waals surface area (Å²) >= 11 is 0. The van der Waals surface area contributed by atoms with Crippen molar-refractivity contribution in [1.82, 2.24) is 4.90 Å². The van der Waals surface area contributed by atoms with Gasteiger partial charge in [0.05, 0.1) is 5.41 Å². The lowest BCUT2D eigenvalue weighted by molar-refractivity contribution is -0.154. The lowest BCUT2D eigenvalue weighted by Gasteiger charge is -2.43. The molecule has 9 heavy (non-hydrogen) atoms. The van der Waals surface area contributed by atoms with Crippen molar-refractivity contribution in [3.63, 3.8) is 0 Å². The van der Waals surface area contributed by atoms with Crippen LogP contribution in [0.25, 0.3) is 0 Å². The number of hydrogen-bond acceptors (Lipinski definition) is 2. The zero-order valence-corrected chi connectivity index (χ0v) is 5.85. The first-order chi connectivity index (χ1) is 4.10. The third-order valence-electron chi connectivity index (χ3n) is 1.90. The van der Waals surface area contributed by atoms with Gasteiger partial charge in [-0.05, 0) is 6.92 Å². The average Bonchev–Trinajstić information content (AvgIpc) is 1.87. The first-order valence-corrected chi connectivity index (χ1v) is 3.06. The predicted octanol–water partition coefficient (Wildman–Crippen LogP) is -0.577. The molecule has 1 saturated heterocycles. The molecule has 1 rings (SSSR count). The Hall–Kier alpha value is -0.570. The van der Waals surface area contributed by atoms with Crippen LogP contribution in [0.4, 0.5) is 0 Å². The number of carbonyl (C=O) groups is 1.